The Morgan fingerprint density at radius 2 is 2.19 bits per heavy atom. The molecule has 1 amide bonds. The molecule has 118 valence electrons. The van der Waals surface area contributed by atoms with E-state index in [0.29, 0.717) is 17.3 Å². The lowest BCUT2D eigenvalue weighted by molar-refractivity contribution is -0.141. The zero-order valence-corrected chi connectivity index (χ0v) is 12.0. The molecule has 1 aromatic rings. The van der Waals surface area contributed by atoms with Crippen LogP contribution in [0.15, 0.2) is 12.3 Å². The first-order valence-electron chi connectivity index (χ1n) is 6.14. The predicted octanol–water partition coefficient (Wildman–Crippen LogP) is 2.16. The Morgan fingerprint density at radius 1 is 1.52 bits per heavy atom. The normalized spacial score (nSPS) is 11.3. The highest BCUT2D eigenvalue weighted by molar-refractivity contribution is 6.33. The van der Waals surface area contributed by atoms with Gasteiger partial charge in [0, 0.05) is 19.3 Å². The van der Waals surface area contributed by atoms with Crippen LogP contribution in [0.3, 0.4) is 0 Å². The average molecular weight is 326 g/mol. The summed E-state index contributed by atoms with van der Waals surface area (Å²) in [5, 5.41) is 11.6. The fourth-order valence-electron chi connectivity index (χ4n) is 1.64. The third kappa shape index (κ3) is 5.39. The van der Waals surface area contributed by atoms with Crippen molar-refractivity contribution in [3.05, 3.63) is 22.8 Å². The first-order chi connectivity index (χ1) is 9.78. The number of alkyl halides is 3. The van der Waals surface area contributed by atoms with Gasteiger partial charge in [0.2, 0.25) is 0 Å². The van der Waals surface area contributed by atoms with Crippen LogP contribution in [0.25, 0.3) is 0 Å². The predicted molar refractivity (Wildman–Crippen MR) is 72.5 cm³/mol. The van der Waals surface area contributed by atoms with Crippen LogP contribution in [0.2, 0.25) is 5.02 Å². The van der Waals surface area contributed by atoms with Gasteiger partial charge in [-0.05, 0) is 13.0 Å². The van der Waals surface area contributed by atoms with Crippen LogP contribution in [-0.4, -0.2) is 53.3 Å². The minimum absolute atomic E-state index is 0.0493. The average Bonchev–Trinajstić information content (AvgIpc) is 2.38. The number of hydrogen-bond donors (Lipinski definition) is 2. The van der Waals surface area contributed by atoms with E-state index in [1.54, 1.807) is 6.92 Å². The first kappa shape index (κ1) is 17.5. The van der Waals surface area contributed by atoms with E-state index >= 15 is 0 Å². The minimum Gasteiger partial charge on any atom is -0.395 e. The molecule has 0 saturated carbocycles. The van der Waals surface area contributed by atoms with E-state index in [1.807, 2.05) is 0 Å². The zero-order chi connectivity index (χ0) is 16.0. The van der Waals surface area contributed by atoms with E-state index in [-0.39, 0.29) is 10.6 Å². The van der Waals surface area contributed by atoms with Crippen LogP contribution in [0.5, 0.6) is 0 Å². The molecule has 1 rings (SSSR count). The molecule has 9 heteroatoms. The molecule has 5 nitrogen and oxygen atoms in total. The Hall–Kier alpha value is -1.54. The smallest absolute Gasteiger partial charge is 0.395 e. The van der Waals surface area contributed by atoms with E-state index in [2.05, 4.69) is 10.3 Å². The third-order valence-corrected chi connectivity index (χ3v) is 2.77. The van der Waals surface area contributed by atoms with Gasteiger partial charge in [-0.3, -0.25) is 4.79 Å². The van der Waals surface area contributed by atoms with Gasteiger partial charge >= 0.3 is 6.18 Å². The summed E-state index contributed by atoms with van der Waals surface area (Å²) >= 11 is 5.83. The number of carbonyl (C=O) groups is 1. The van der Waals surface area contributed by atoms with Crippen molar-refractivity contribution >= 4 is 23.3 Å². The number of nitrogens with zero attached hydrogens (tertiary/aromatic N) is 2. The lowest BCUT2D eigenvalue weighted by Crippen LogP contribution is -2.40. The maximum atomic E-state index is 12.5. The molecule has 2 N–H and O–H groups in total. The Kier molecular flexibility index (Phi) is 6.22. The maximum Gasteiger partial charge on any atom is 0.406 e. The van der Waals surface area contributed by atoms with Crippen LogP contribution in [0.4, 0.5) is 19.0 Å². The van der Waals surface area contributed by atoms with E-state index in [0.717, 1.165) is 0 Å². The number of carbonyl (C=O) groups excluding carboxylic acids is 1. The SMILES string of the molecule is CCNc1cc(C(=O)N(CCO)CC(F)(F)F)c(Cl)cn1. The maximum absolute atomic E-state index is 12.5. The molecule has 0 aliphatic heterocycles. The second kappa shape index (κ2) is 7.46. The monoisotopic (exact) mass is 325 g/mol. The summed E-state index contributed by atoms with van der Waals surface area (Å²) in [7, 11) is 0. The molecule has 0 unspecified atom stereocenters. The van der Waals surface area contributed by atoms with E-state index in [9.17, 15) is 18.0 Å². The summed E-state index contributed by atoms with van der Waals surface area (Å²) in [4.78, 5) is 16.6. The van der Waals surface area contributed by atoms with Crippen LogP contribution in [-0.2, 0) is 0 Å². The van der Waals surface area contributed by atoms with E-state index in [4.69, 9.17) is 16.7 Å². The standard InChI is InChI=1S/C12H15ClF3N3O2/c1-2-17-10-5-8(9(13)6-18-10)11(21)19(3-4-20)7-12(14,15)16/h5-6,20H,2-4,7H2,1H3,(H,17,18). The van der Waals surface area contributed by atoms with E-state index in [1.165, 1.54) is 12.3 Å². The van der Waals surface area contributed by atoms with Crippen LogP contribution in [0, 0.1) is 0 Å². The molecular formula is C12H15ClF3N3O2. The van der Waals surface area contributed by atoms with Crippen molar-refractivity contribution in [1.82, 2.24) is 9.88 Å². The van der Waals surface area contributed by atoms with Gasteiger partial charge in [0.05, 0.1) is 17.2 Å². The number of rotatable bonds is 6. The summed E-state index contributed by atoms with van der Waals surface area (Å²) in [6.07, 6.45) is -3.37. The molecule has 1 aromatic heterocycles. The summed E-state index contributed by atoms with van der Waals surface area (Å²) in [6.45, 7) is -0.135. The number of aliphatic hydroxyl groups is 1. The summed E-state index contributed by atoms with van der Waals surface area (Å²) in [5.74, 6) is -0.575. The van der Waals surface area contributed by atoms with Gasteiger partial charge in [0.25, 0.3) is 5.91 Å². The van der Waals surface area contributed by atoms with Gasteiger partial charge in [-0.1, -0.05) is 11.6 Å². The van der Waals surface area contributed by atoms with Crippen molar-refractivity contribution in [3.8, 4) is 0 Å². The fourth-order valence-corrected chi connectivity index (χ4v) is 1.82. The molecule has 0 aromatic carbocycles. The number of aliphatic hydroxyl groups excluding tert-OH is 1. The first-order valence-corrected chi connectivity index (χ1v) is 6.52. The second-order valence-corrected chi connectivity index (χ2v) is 4.55. The topological polar surface area (TPSA) is 65.5 Å². The molecule has 0 fully saturated rings. The molecular weight excluding hydrogens is 311 g/mol. The third-order valence-electron chi connectivity index (χ3n) is 2.47. The largest absolute Gasteiger partial charge is 0.406 e. The number of hydrogen-bond acceptors (Lipinski definition) is 4. The minimum atomic E-state index is -4.56. The number of amides is 1. The van der Waals surface area contributed by atoms with Crippen LogP contribution >= 0.6 is 11.6 Å². The van der Waals surface area contributed by atoms with E-state index < -0.39 is 31.8 Å². The molecule has 0 atom stereocenters. The second-order valence-electron chi connectivity index (χ2n) is 4.15. The molecule has 0 aliphatic rings. The summed E-state index contributed by atoms with van der Waals surface area (Å²) < 4.78 is 37.4. The molecule has 1 heterocycles. The fraction of sp³-hybridized carbons (Fsp3) is 0.500. The lowest BCUT2D eigenvalue weighted by Gasteiger charge is -2.23. The van der Waals surface area contributed by atoms with Gasteiger partial charge in [0.15, 0.2) is 0 Å². The Balaban J connectivity index is 3.04. The molecule has 0 aliphatic carbocycles. The van der Waals surface area contributed by atoms with Crippen molar-refractivity contribution < 1.29 is 23.1 Å². The summed E-state index contributed by atoms with van der Waals surface area (Å²) in [5.41, 5.74) is -0.0969. The number of anilines is 1. The lowest BCUT2D eigenvalue weighted by atomic mass is 10.2. The Labute approximate surface area is 124 Å². The zero-order valence-electron chi connectivity index (χ0n) is 11.2. The number of nitrogens with one attached hydrogen (secondary N) is 1. The molecule has 0 spiro atoms. The van der Waals surface area contributed by atoms with Gasteiger partial charge in [0.1, 0.15) is 12.4 Å². The molecule has 0 bridgehead atoms. The van der Waals surface area contributed by atoms with Gasteiger partial charge in [-0.15, -0.1) is 0 Å². The molecule has 21 heavy (non-hydrogen) atoms. The summed E-state index contributed by atoms with van der Waals surface area (Å²) in [6, 6.07) is 1.29. The van der Waals surface area contributed by atoms with Gasteiger partial charge < -0.3 is 15.3 Å². The Morgan fingerprint density at radius 3 is 2.71 bits per heavy atom. The Bertz CT molecular complexity index is 497. The molecule has 0 saturated heterocycles. The number of aromatic nitrogens is 1. The van der Waals surface area contributed by atoms with Crippen molar-refractivity contribution in [2.45, 2.75) is 13.1 Å². The van der Waals surface area contributed by atoms with Crippen molar-refractivity contribution in [2.24, 2.45) is 0 Å². The van der Waals surface area contributed by atoms with Gasteiger partial charge in [-0.2, -0.15) is 13.2 Å². The highest BCUT2D eigenvalue weighted by atomic mass is 35.5. The number of halogens is 4. The highest BCUT2D eigenvalue weighted by Gasteiger charge is 2.33. The van der Waals surface area contributed by atoms with Crippen molar-refractivity contribution in [2.75, 3.05) is 31.6 Å². The van der Waals surface area contributed by atoms with Crippen LogP contribution in [0.1, 0.15) is 17.3 Å². The van der Waals surface area contributed by atoms with Crippen LogP contribution < -0.4 is 5.32 Å². The quantitative estimate of drug-likeness (QED) is 0.841. The molecule has 0 radical (unpaired) electrons. The highest BCUT2D eigenvalue weighted by Crippen LogP contribution is 2.22. The van der Waals surface area contributed by atoms with Gasteiger partial charge in [-0.25, -0.2) is 4.98 Å². The van der Waals surface area contributed by atoms with Crippen molar-refractivity contribution in [3.63, 3.8) is 0 Å². The van der Waals surface area contributed by atoms with Crippen molar-refractivity contribution in [1.29, 1.82) is 0 Å². The number of pyridine rings is 1.